The van der Waals surface area contributed by atoms with Crippen molar-refractivity contribution >= 4 is 11.5 Å². The molecule has 0 aromatic carbocycles. The predicted molar refractivity (Wildman–Crippen MR) is 156 cm³/mol. The van der Waals surface area contributed by atoms with E-state index in [2.05, 4.69) is 56.2 Å². The van der Waals surface area contributed by atoms with Crippen LogP contribution in [0, 0.1) is 28.6 Å². The van der Waals surface area contributed by atoms with E-state index in [0.29, 0.717) is 6.42 Å². The van der Waals surface area contributed by atoms with Gasteiger partial charge < -0.3 is 4.74 Å². The first kappa shape index (κ1) is 26.7. The van der Waals surface area contributed by atoms with E-state index in [1.165, 1.54) is 69.8 Å². The zero-order chi connectivity index (χ0) is 25.9. The normalized spacial score (nSPS) is 34.6. The standard InChI is InChI=1S/C34H49NO2.2H2/c1-4-5-6-7-8-9-10-13-32(36)37-27-18-20-33(2)26(23-27)14-15-28-30-17-16-29(25-12-11-22-35-24-25)34(30,3)21-19-31(28)33;;/h11-12,14,16,22,24,27-28,30-31H,4-10,13,15,17-21,23H2,1-3H3;2*1H/t27-,28-,30?,31?,33-,34+;;/m0../s1. The van der Waals surface area contributed by atoms with Crippen LogP contribution in [0.1, 0.15) is 126 Å². The number of pyridine rings is 1. The first-order valence-electron chi connectivity index (χ1n) is 15.5. The molecule has 206 valence electrons. The van der Waals surface area contributed by atoms with Gasteiger partial charge in [-0.1, -0.05) is 83.1 Å². The third kappa shape index (κ3) is 5.34. The highest BCUT2D eigenvalue weighted by Gasteiger charge is 2.57. The monoisotopic (exact) mass is 507 g/mol. The van der Waals surface area contributed by atoms with Gasteiger partial charge in [0.15, 0.2) is 0 Å². The minimum atomic E-state index is 0. The van der Waals surface area contributed by atoms with Crippen molar-refractivity contribution in [3.63, 3.8) is 0 Å². The average molecular weight is 508 g/mol. The first-order valence-corrected chi connectivity index (χ1v) is 15.5. The number of allylic oxidation sites excluding steroid dienone is 3. The molecule has 0 bridgehead atoms. The molecule has 6 atom stereocenters. The maximum Gasteiger partial charge on any atom is 0.306 e. The Hall–Kier alpha value is -1.90. The molecule has 2 unspecified atom stereocenters. The fourth-order valence-electron chi connectivity index (χ4n) is 8.74. The molecule has 0 N–H and O–H groups in total. The van der Waals surface area contributed by atoms with E-state index in [1.54, 1.807) is 11.1 Å². The van der Waals surface area contributed by atoms with Crippen LogP contribution in [0.3, 0.4) is 0 Å². The van der Waals surface area contributed by atoms with Gasteiger partial charge in [-0.25, -0.2) is 0 Å². The number of esters is 1. The second kappa shape index (κ2) is 11.5. The summed E-state index contributed by atoms with van der Waals surface area (Å²) in [6, 6.07) is 4.32. The Labute approximate surface area is 228 Å². The summed E-state index contributed by atoms with van der Waals surface area (Å²) in [5, 5.41) is 0. The Morgan fingerprint density at radius 2 is 1.78 bits per heavy atom. The summed E-state index contributed by atoms with van der Waals surface area (Å²) in [4.78, 5) is 17.0. The third-order valence-electron chi connectivity index (χ3n) is 10.9. The van der Waals surface area contributed by atoms with Crippen molar-refractivity contribution < 1.29 is 12.4 Å². The van der Waals surface area contributed by atoms with Gasteiger partial charge in [0, 0.05) is 28.1 Å². The zero-order valence-corrected chi connectivity index (χ0v) is 23.6. The van der Waals surface area contributed by atoms with E-state index in [0.717, 1.165) is 43.4 Å². The van der Waals surface area contributed by atoms with Gasteiger partial charge in [-0.2, -0.15) is 0 Å². The number of hydrogen-bond donors (Lipinski definition) is 0. The Morgan fingerprint density at radius 3 is 2.57 bits per heavy atom. The number of rotatable bonds is 10. The lowest BCUT2D eigenvalue weighted by Crippen LogP contribution is -2.50. The van der Waals surface area contributed by atoms with Crippen LogP contribution in [0.25, 0.3) is 5.57 Å². The van der Waals surface area contributed by atoms with Crippen LogP contribution in [0.5, 0.6) is 0 Å². The Morgan fingerprint density at radius 1 is 1.00 bits per heavy atom. The zero-order valence-electron chi connectivity index (χ0n) is 23.6. The highest BCUT2D eigenvalue weighted by Crippen LogP contribution is 2.66. The van der Waals surface area contributed by atoms with Gasteiger partial charge in [-0.05, 0) is 90.7 Å². The molecule has 0 radical (unpaired) electrons. The largest absolute Gasteiger partial charge is 0.462 e. The summed E-state index contributed by atoms with van der Waals surface area (Å²) in [7, 11) is 0. The van der Waals surface area contributed by atoms with E-state index in [4.69, 9.17) is 4.74 Å². The molecule has 0 saturated heterocycles. The summed E-state index contributed by atoms with van der Waals surface area (Å²) in [6.45, 7) is 7.32. The van der Waals surface area contributed by atoms with E-state index in [-0.39, 0.29) is 25.8 Å². The number of carbonyl (C=O) groups excluding carboxylic acids is 1. The van der Waals surface area contributed by atoms with Gasteiger partial charge in [-0.3, -0.25) is 9.78 Å². The van der Waals surface area contributed by atoms with Gasteiger partial charge in [0.1, 0.15) is 6.10 Å². The number of unbranched alkanes of at least 4 members (excludes halogenated alkanes) is 6. The predicted octanol–water partition coefficient (Wildman–Crippen LogP) is 9.58. The molecule has 3 nitrogen and oxygen atoms in total. The minimum Gasteiger partial charge on any atom is -0.462 e. The maximum atomic E-state index is 12.6. The number of hydrogen-bond acceptors (Lipinski definition) is 3. The molecular weight excluding hydrogens is 454 g/mol. The summed E-state index contributed by atoms with van der Waals surface area (Å²) in [5.74, 6) is 2.28. The number of aromatic nitrogens is 1. The van der Waals surface area contributed by atoms with Crippen molar-refractivity contribution in [3.8, 4) is 0 Å². The molecule has 2 saturated carbocycles. The van der Waals surface area contributed by atoms with Crippen LogP contribution in [0.4, 0.5) is 0 Å². The molecule has 1 aromatic heterocycles. The molecule has 4 aliphatic carbocycles. The van der Waals surface area contributed by atoms with E-state index < -0.39 is 0 Å². The molecule has 0 amide bonds. The van der Waals surface area contributed by atoms with Crippen LogP contribution in [0.2, 0.25) is 0 Å². The maximum absolute atomic E-state index is 12.6. The molecule has 3 heteroatoms. The summed E-state index contributed by atoms with van der Waals surface area (Å²) in [6.07, 6.45) is 26.5. The lowest BCUT2D eigenvalue weighted by atomic mass is 9.47. The average Bonchev–Trinajstić information content (AvgIpc) is 3.26. The van der Waals surface area contributed by atoms with Gasteiger partial charge in [0.25, 0.3) is 0 Å². The lowest BCUT2D eigenvalue weighted by Gasteiger charge is -2.57. The fraction of sp³-hybridized carbons (Fsp3) is 0.706. The molecule has 4 aliphatic rings. The van der Waals surface area contributed by atoms with E-state index in [9.17, 15) is 4.79 Å². The van der Waals surface area contributed by atoms with Crippen molar-refractivity contribution in [3.05, 3.63) is 47.8 Å². The SMILES string of the molecule is CCCCCCCCCC(=O)O[C@H]1CC[C@@]2(C)C(=CC[C@@H]3C2CC[C@]2(C)C(c4cccnc4)=CCC32)C1.[HH].[HH]. The number of carbonyl (C=O) groups is 1. The van der Waals surface area contributed by atoms with Crippen LogP contribution in [0.15, 0.2) is 42.3 Å². The Balaban J connectivity index is 0.00000210. The van der Waals surface area contributed by atoms with Gasteiger partial charge in [0.05, 0.1) is 0 Å². The Kier molecular flexibility index (Phi) is 8.27. The molecule has 2 fully saturated rings. The molecule has 0 spiro atoms. The van der Waals surface area contributed by atoms with Crippen LogP contribution in [-0.4, -0.2) is 17.1 Å². The van der Waals surface area contributed by atoms with E-state index >= 15 is 0 Å². The molecule has 0 aliphatic heterocycles. The quantitative estimate of drug-likeness (QED) is 0.180. The highest BCUT2D eigenvalue weighted by atomic mass is 16.5. The van der Waals surface area contributed by atoms with Crippen LogP contribution < -0.4 is 0 Å². The van der Waals surface area contributed by atoms with Crippen LogP contribution >= 0.6 is 0 Å². The van der Waals surface area contributed by atoms with Gasteiger partial charge in [-0.15, -0.1) is 0 Å². The molecule has 1 aromatic rings. The summed E-state index contributed by atoms with van der Waals surface area (Å²) in [5.41, 5.74) is 5.01. The summed E-state index contributed by atoms with van der Waals surface area (Å²) < 4.78 is 6.02. The molecule has 1 heterocycles. The van der Waals surface area contributed by atoms with Crippen molar-refractivity contribution in [2.24, 2.45) is 28.6 Å². The van der Waals surface area contributed by atoms with Crippen molar-refractivity contribution in [2.45, 2.75) is 123 Å². The number of nitrogens with zero attached hydrogens (tertiary/aromatic N) is 1. The minimum absolute atomic E-state index is 0. The van der Waals surface area contributed by atoms with Crippen molar-refractivity contribution in [1.29, 1.82) is 0 Å². The lowest BCUT2D eigenvalue weighted by molar-refractivity contribution is -0.151. The van der Waals surface area contributed by atoms with Gasteiger partial charge >= 0.3 is 5.97 Å². The summed E-state index contributed by atoms with van der Waals surface area (Å²) >= 11 is 0. The van der Waals surface area contributed by atoms with Crippen molar-refractivity contribution in [2.75, 3.05) is 0 Å². The second-order valence-electron chi connectivity index (χ2n) is 13.0. The van der Waals surface area contributed by atoms with Gasteiger partial charge in [0.2, 0.25) is 0 Å². The first-order chi connectivity index (χ1) is 18.0. The van der Waals surface area contributed by atoms with Crippen LogP contribution in [-0.2, 0) is 9.53 Å². The topological polar surface area (TPSA) is 39.2 Å². The number of ether oxygens (including phenoxy) is 1. The fourth-order valence-corrected chi connectivity index (χ4v) is 8.74. The number of fused-ring (bicyclic) bond motifs is 5. The van der Waals surface area contributed by atoms with E-state index in [1.807, 2.05) is 6.20 Å². The molecular formula is C34H53NO2. The second-order valence-corrected chi connectivity index (χ2v) is 13.0. The highest BCUT2D eigenvalue weighted by molar-refractivity contribution is 5.72. The Bertz CT molecular complexity index is 1010. The smallest absolute Gasteiger partial charge is 0.306 e. The van der Waals surface area contributed by atoms with Crippen molar-refractivity contribution in [1.82, 2.24) is 4.98 Å². The molecule has 5 rings (SSSR count). The molecule has 37 heavy (non-hydrogen) atoms. The third-order valence-corrected chi connectivity index (χ3v) is 10.9.